The molecule has 2 heterocycles. The SMILES string of the molecule is C=C1NC2=C(C(=O)CCC2)C(c2cc[nH+]cc2)C1C(=O)OCCc1ccccc1. The van der Waals surface area contributed by atoms with Crippen LogP contribution in [0.15, 0.2) is 78.4 Å². The summed E-state index contributed by atoms with van der Waals surface area (Å²) in [5, 5.41) is 3.24. The Kier molecular flexibility index (Phi) is 5.56. The van der Waals surface area contributed by atoms with Crippen molar-refractivity contribution in [1.29, 1.82) is 0 Å². The predicted molar refractivity (Wildman–Crippen MR) is 108 cm³/mol. The van der Waals surface area contributed by atoms with Gasteiger partial charge in [0.25, 0.3) is 0 Å². The number of pyridine rings is 1. The summed E-state index contributed by atoms with van der Waals surface area (Å²) in [4.78, 5) is 28.9. The average molecular weight is 389 g/mol. The minimum Gasteiger partial charge on any atom is -0.465 e. The van der Waals surface area contributed by atoms with Crippen LogP contribution in [0, 0.1) is 5.92 Å². The first-order valence-electron chi connectivity index (χ1n) is 10.0. The van der Waals surface area contributed by atoms with Crippen molar-refractivity contribution in [2.75, 3.05) is 6.61 Å². The number of aromatic amines is 1. The molecule has 5 heteroatoms. The molecule has 2 unspecified atom stereocenters. The summed E-state index contributed by atoms with van der Waals surface area (Å²) in [5.41, 5.74) is 4.24. The van der Waals surface area contributed by atoms with E-state index in [4.69, 9.17) is 4.74 Å². The van der Waals surface area contributed by atoms with Gasteiger partial charge >= 0.3 is 5.97 Å². The summed E-state index contributed by atoms with van der Waals surface area (Å²) in [5.74, 6) is -1.24. The molecule has 0 spiro atoms. The standard InChI is InChI=1S/C24H24N2O3/c1-16-21(24(28)29-15-12-17-6-3-2-4-7-17)22(18-10-13-25-14-11-18)23-19(26-16)8-5-9-20(23)27/h2-4,6-7,10-11,13-14,21-22,26H,1,5,8-9,12,15H2/p+1. The van der Waals surface area contributed by atoms with Crippen LogP contribution < -0.4 is 10.3 Å². The van der Waals surface area contributed by atoms with E-state index < -0.39 is 5.92 Å². The first kappa shape index (κ1) is 19.1. The van der Waals surface area contributed by atoms with Crippen molar-refractivity contribution in [3.8, 4) is 0 Å². The molecule has 0 saturated carbocycles. The zero-order chi connectivity index (χ0) is 20.2. The Hall–Kier alpha value is -3.21. The Balaban J connectivity index is 1.60. The van der Waals surface area contributed by atoms with Crippen LogP contribution in [0.3, 0.4) is 0 Å². The summed E-state index contributed by atoms with van der Waals surface area (Å²) in [6.07, 6.45) is 6.40. The number of Topliss-reactive ketones (excluding diaryl/α,β-unsaturated/α-hetero) is 1. The third-order valence-electron chi connectivity index (χ3n) is 5.62. The fourth-order valence-corrected chi connectivity index (χ4v) is 4.24. The highest BCUT2D eigenvalue weighted by Crippen LogP contribution is 2.44. The van der Waals surface area contributed by atoms with Crippen LogP contribution in [0.4, 0.5) is 0 Å². The molecular formula is C24H25N2O3+. The van der Waals surface area contributed by atoms with Gasteiger partial charge in [0, 0.05) is 47.9 Å². The second-order valence-electron chi connectivity index (χ2n) is 7.51. The average Bonchev–Trinajstić information content (AvgIpc) is 2.74. The zero-order valence-electron chi connectivity index (χ0n) is 16.3. The minimum atomic E-state index is -0.631. The van der Waals surface area contributed by atoms with Crippen LogP contribution in [0.1, 0.15) is 36.3 Å². The highest BCUT2D eigenvalue weighted by atomic mass is 16.5. The molecule has 1 aromatic heterocycles. The number of hydrogen-bond donors (Lipinski definition) is 1. The highest BCUT2D eigenvalue weighted by molar-refractivity contribution is 6.00. The van der Waals surface area contributed by atoms with Gasteiger partial charge in [0.2, 0.25) is 0 Å². The number of rotatable bonds is 5. The van der Waals surface area contributed by atoms with Gasteiger partial charge in [-0.25, -0.2) is 4.98 Å². The first-order chi connectivity index (χ1) is 14.1. The van der Waals surface area contributed by atoms with Crippen LogP contribution in [-0.4, -0.2) is 18.4 Å². The molecule has 4 rings (SSSR count). The monoisotopic (exact) mass is 389 g/mol. The third-order valence-corrected chi connectivity index (χ3v) is 5.62. The van der Waals surface area contributed by atoms with Crippen LogP contribution in [0.5, 0.6) is 0 Å². The van der Waals surface area contributed by atoms with Crippen molar-refractivity contribution in [3.05, 3.63) is 89.5 Å². The number of H-pyrrole nitrogens is 1. The second kappa shape index (κ2) is 8.43. The van der Waals surface area contributed by atoms with Crippen molar-refractivity contribution in [2.24, 2.45) is 5.92 Å². The fraction of sp³-hybridized carbons (Fsp3) is 0.292. The molecule has 2 aliphatic rings. The number of nitrogens with one attached hydrogen (secondary N) is 2. The van der Waals surface area contributed by atoms with Gasteiger partial charge in [-0.15, -0.1) is 0 Å². The first-order valence-corrected chi connectivity index (χ1v) is 10.0. The molecule has 29 heavy (non-hydrogen) atoms. The number of ketones is 1. The van der Waals surface area contributed by atoms with E-state index in [2.05, 4.69) is 16.9 Å². The Labute approximate surface area is 170 Å². The molecule has 0 saturated heterocycles. The lowest BCUT2D eigenvalue weighted by Crippen LogP contribution is -2.41. The lowest BCUT2D eigenvalue weighted by atomic mass is 9.72. The van der Waals surface area contributed by atoms with Crippen LogP contribution >= 0.6 is 0 Å². The molecule has 1 aliphatic heterocycles. The Morgan fingerprint density at radius 1 is 1.14 bits per heavy atom. The molecule has 1 aromatic carbocycles. The summed E-state index contributed by atoms with van der Waals surface area (Å²) in [6.45, 7) is 4.40. The summed E-state index contributed by atoms with van der Waals surface area (Å²) in [6, 6.07) is 13.7. The predicted octanol–water partition coefficient (Wildman–Crippen LogP) is 3.11. The molecule has 0 bridgehead atoms. The Morgan fingerprint density at radius 2 is 1.90 bits per heavy atom. The van der Waals surface area contributed by atoms with Gasteiger partial charge in [-0.3, -0.25) is 9.59 Å². The van der Waals surface area contributed by atoms with E-state index in [1.165, 1.54) is 0 Å². The Bertz CT molecular complexity index is 951. The largest absolute Gasteiger partial charge is 0.465 e. The van der Waals surface area contributed by atoms with Crippen molar-refractivity contribution in [3.63, 3.8) is 0 Å². The normalized spacial score (nSPS) is 21.4. The third kappa shape index (κ3) is 3.99. The number of hydrogen-bond acceptors (Lipinski definition) is 4. The van der Waals surface area contributed by atoms with E-state index >= 15 is 0 Å². The van der Waals surface area contributed by atoms with Gasteiger partial charge in [-0.2, -0.15) is 0 Å². The van der Waals surface area contributed by atoms with Crippen molar-refractivity contribution >= 4 is 11.8 Å². The number of ether oxygens (including phenoxy) is 1. The molecule has 2 aromatic rings. The van der Waals surface area contributed by atoms with Gasteiger partial charge in [-0.05, 0) is 24.0 Å². The smallest absolute Gasteiger partial charge is 0.315 e. The molecule has 2 N–H and O–H groups in total. The lowest BCUT2D eigenvalue weighted by Gasteiger charge is -2.38. The summed E-state index contributed by atoms with van der Waals surface area (Å²) in [7, 11) is 0. The molecular weight excluding hydrogens is 364 g/mol. The van der Waals surface area contributed by atoms with Crippen molar-refractivity contribution in [1.82, 2.24) is 5.32 Å². The lowest BCUT2D eigenvalue weighted by molar-refractivity contribution is -0.378. The second-order valence-corrected chi connectivity index (χ2v) is 7.51. The van der Waals surface area contributed by atoms with Crippen molar-refractivity contribution < 1.29 is 19.3 Å². The van der Waals surface area contributed by atoms with Crippen LogP contribution in [-0.2, 0) is 20.7 Å². The number of esters is 1. The molecule has 5 nitrogen and oxygen atoms in total. The van der Waals surface area contributed by atoms with E-state index in [0.29, 0.717) is 30.7 Å². The van der Waals surface area contributed by atoms with E-state index in [1.54, 1.807) is 0 Å². The van der Waals surface area contributed by atoms with Gasteiger partial charge in [0.15, 0.2) is 18.2 Å². The molecule has 0 amide bonds. The molecule has 0 radical (unpaired) electrons. The van der Waals surface area contributed by atoms with Crippen LogP contribution in [0.25, 0.3) is 0 Å². The number of allylic oxidation sites excluding steroid dienone is 2. The van der Waals surface area contributed by atoms with E-state index in [0.717, 1.165) is 29.7 Å². The van der Waals surface area contributed by atoms with Gasteiger partial charge in [-0.1, -0.05) is 36.9 Å². The van der Waals surface area contributed by atoms with Crippen LogP contribution in [0.2, 0.25) is 0 Å². The number of benzene rings is 1. The van der Waals surface area contributed by atoms with E-state index in [-0.39, 0.29) is 17.7 Å². The maximum atomic E-state index is 13.1. The van der Waals surface area contributed by atoms with Gasteiger partial charge in [0.05, 0.1) is 6.61 Å². The maximum Gasteiger partial charge on any atom is 0.315 e. The summed E-state index contributed by atoms with van der Waals surface area (Å²) < 4.78 is 5.64. The van der Waals surface area contributed by atoms with Crippen molar-refractivity contribution in [2.45, 2.75) is 31.6 Å². The van der Waals surface area contributed by atoms with Gasteiger partial charge in [0.1, 0.15) is 5.92 Å². The fourth-order valence-electron chi connectivity index (χ4n) is 4.24. The minimum absolute atomic E-state index is 0.103. The Morgan fingerprint density at radius 3 is 2.66 bits per heavy atom. The highest BCUT2D eigenvalue weighted by Gasteiger charge is 2.43. The molecule has 0 fully saturated rings. The quantitative estimate of drug-likeness (QED) is 0.798. The molecule has 1 aliphatic carbocycles. The van der Waals surface area contributed by atoms with Gasteiger partial charge < -0.3 is 10.1 Å². The zero-order valence-corrected chi connectivity index (χ0v) is 16.3. The van der Waals surface area contributed by atoms with E-state index in [1.807, 2.05) is 54.9 Å². The molecule has 148 valence electrons. The van der Waals surface area contributed by atoms with E-state index in [9.17, 15) is 9.59 Å². The maximum absolute atomic E-state index is 13.1. The number of aromatic nitrogens is 1. The number of carbonyl (C=O) groups is 2. The molecule has 2 atom stereocenters. The summed E-state index contributed by atoms with van der Waals surface area (Å²) >= 11 is 0. The topological polar surface area (TPSA) is 69.5 Å². The number of carbonyl (C=O) groups excluding carboxylic acids is 2.